The molecule has 28 heavy (non-hydrogen) atoms. The molecule has 3 heteroatoms. The lowest BCUT2D eigenvalue weighted by molar-refractivity contribution is -0.133. The van der Waals surface area contributed by atoms with Gasteiger partial charge in [0.2, 0.25) is 0 Å². The van der Waals surface area contributed by atoms with E-state index in [4.69, 9.17) is 4.74 Å². The molecule has 1 rings (SSSR count). The van der Waals surface area contributed by atoms with Crippen molar-refractivity contribution in [3.8, 4) is 11.8 Å². The first-order chi connectivity index (χ1) is 13.7. The molecular formula is C25H38O3. The monoisotopic (exact) mass is 386 g/mol. The Bertz CT molecular complexity index is 574. The van der Waals surface area contributed by atoms with Gasteiger partial charge in [-0.25, -0.2) is 4.79 Å². The Labute approximate surface area is 171 Å². The number of aliphatic hydroxyl groups is 1. The molecule has 0 fully saturated rings. The van der Waals surface area contributed by atoms with Crippen LogP contribution in [0.1, 0.15) is 103 Å². The molecule has 0 aromatic carbocycles. The van der Waals surface area contributed by atoms with Gasteiger partial charge in [-0.05, 0) is 38.5 Å². The van der Waals surface area contributed by atoms with Crippen molar-refractivity contribution in [1.29, 1.82) is 0 Å². The molecule has 0 unspecified atom stereocenters. The lowest BCUT2D eigenvalue weighted by Gasteiger charge is -2.02. The largest absolute Gasteiger partial charge is 0.504 e. The van der Waals surface area contributed by atoms with E-state index in [1.807, 2.05) is 6.08 Å². The molecular weight excluding hydrogens is 348 g/mol. The van der Waals surface area contributed by atoms with Gasteiger partial charge in [0.1, 0.15) is 0 Å². The summed E-state index contributed by atoms with van der Waals surface area (Å²) in [7, 11) is 0. The van der Waals surface area contributed by atoms with Crippen LogP contribution in [0.25, 0.3) is 0 Å². The number of carbonyl (C=O) groups excluding carboxylic acids is 1. The number of cyclic esters (lactones) is 1. The number of esters is 1. The Morgan fingerprint density at radius 2 is 1.32 bits per heavy atom. The molecule has 156 valence electrons. The van der Waals surface area contributed by atoms with Crippen LogP contribution in [0.15, 0.2) is 36.3 Å². The van der Waals surface area contributed by atoms with Crippen LogP contribution in [0.5, 0.6) is 0 Å². The second-order valence-corrected chi connectivity index (χ2v) is 7.56. The number of hydrogen-bond acceptors (Lipinski definition) is 3. The molecule has 0 radical (unpaired) electrons. The fourth-order valence-corrected chi connectivity index (χ4v) is 3.32. The van der Waals surface area contributed by atoms with E-state index in [2.05, 4.69) is 25.0 Å². The summed E-state index contributed by atoms with van der Waals surface area (Å²) in [5.41, 5.74) is 0.388. The predicted octanol–water partition coefficient (Wildman–Crippen LogP) is 7.30. The zero-order valence-corrected chi connectivity index (χ0v) is 17.6. The normalized spacial score (nSPS) is 13.4. The number of carbonyl (C=O) groups is 1. The van der Waals surface area contributed by atoms with Crippen LogP contribution in [0.3, 0.4) is 0 Å². The minimum atomic E-state index is -0.436. The minimum absolute atomic E-state index is 0.0587. The Balaban J connectivity index is 1.84. The quantitative estimate of drug-likeness (QED) is 0.131. The topological polar surface area (TPSA) is 46.5 Å². The van der Waals surface area contributed by atoms with E-state index < -0.39 is 5.97 Å². The number of ether oxygens (including phenoxy) is 1. The number of hydrogen-bond donors (Lipinski definition) is 1. The van der Waals surface area contributed by atoms with Crippen molar-refractivity contribution in [2.75, 3.05) is 0 Å². The second-order valence-electron chi connectivity index (χ2n) is 7.56. The Morgan fingerprint density at radius 1 is 0.821 bits per heavy atom. The average molecular weight is 387 g/mol. The SMILES string of the molecule is C=CCCCCCCC#CCCCCCCCCCCC1=C(O)C(=C)OC1=O. The highest BCUT2D eigenvalue weighted by Crippen LogP contribution is 2.26. The molecule has 1 N–H and O–H groups in total. The van der Waals surface area contributed by atoms with E-state index in [1.165, 1.54) is 64.2 Å². The van der Waals surface area contributed by atoms with Gasteiger partial charge >= 0.3 is 5.97 Å². The third-order valence-electron chi connectivity index (χ3n) is 5.08. The van der Waals surface area contributed by atoms with E-state index >= 15 is 0 Å². The van der Waals surface area contributed by atoms with Crippen molar-refractivity contribution in [2.24, 2.45) is 0 Å². The summed E-state index contributed by atoms with van der Waals surface area (Å²) in [6, 6.07) is 0. The van der Waals surface area contributed by atoms with Gasteiger partial charge in [0, 0.05) is 12.8 Å². The summed E-state index contributed by atoms with van der Waals surface area (Å²) in [5, 5.41) is 9.69. The smallest absolute Gasteiger partial charge is 0.343 e. The highest BCUT2D eigenvalue weighted by molar-refractivity contribution is 5.93. The van der Waals surface area contributed by atoms with Crippen LogP contribution < -0.4 is 0 Å². The molecule has 0 spiro atoms. The summed E-state index contributed by atoms with van der Waals surface area (Å²) in [6.45, 7) is 7.25. The molecule has 0 aromatic rings. The van der Waals surface area contributed by atoms with Gasteiger partial charge < -0.3 is 9.84 Å². The van der Waals surface area contributed by atoms with Gasteiger partial charge in [0.25, 0.3) is 0 Å². The standard InChI is InChI=1S/C25H38O3/c1-3-4-5-6-7-8-9-10-11-12-13-14-15-16-17-18-19-20-21-23-24(26)22(2)28-25(23)27/h3,26H,1-2,4-9,12-21H2. The lowest BCUT2D eigenvalue weighted by Crippen LogP contribution is -1.99. The lowest BCUT2D eigenvalue weighted by atomic mass is 10.0. The Hall–Kier alpha value is -1.95. The highest BCUT2D eigenvalue weighted by atomic mass is 16.6. The zero-order valence-electron chi connectivity index (χ0n) is 17.6. The molecule has 1 aliphatic rings. The zero-order chi connectivity index (χ0) is 20.5. The van der Waals surface area contributed by atoms with E-state index in [-0.39, 0.29) is 11.5 Å². The third kappa shape index (κ3) is 11.0. The maximum atomic E-state index is 11.5. The van der Waals surface area contributed by atoms with Gasteiger partial charge in [-0.1, -0.05) is 64.0 Å². The summed E-state index contributed by atoms with van der Waals surface area (Å²) < 4.78 is 4.80. The first-order valence-corrected chi connectivity index (χ1v) is 11.1. The summed E-state index contributed by atoms with van der Waals surface area (Å²) >= 11 is 0. The van der Waals surface area contributed by atoms with Crippen LogP contribution in [0, 0.1) is 11.8 Å². The Morgan fingerprint density at radius 3 is 1.82 bits per heavy atom. The molecule has 1 heterocycles. The number of unbranched alkanes of at least 4 members (excludes halogenated alkanes) is 13. The fraction of sp³-hybridized carbons (Fsp3) is 0.640. The maximum absolute atomic E-state index is 11.5. The van der Waals surface area contributed by atoms with Gasteiger partial charge in [0.15, 0.2) is 11.5 Å². The van der Waals surface area contributed by atoms with Gasteiger partial charge in [-0.15, -0.1) is 18.4 Å². The van der Waals surface area contributed by atoms with Crippen molar-refractivity contribution >= 4 is 5.97 Å². The number of allylic oxidation sites excluding steroid dienone is 1. The van der Waals surface area contributed by atoms with E-state index in [0.717, 1.165) is 32.1 Å². The van der Waals surface area contributed by atoms with E-state index in [1.54, 1.807) is 0 Å². The minimum Gasteiger partial charge on any atom is -0.504 e. The summed E-state index contributed by atoms with van der Waals surface area (Å²) in [5.74, 6) is 6.20. The van der Waals surface area contributed by atoms with Gasteiger partial charge in [0.05, 0.1) is 5.57 Å². The maximum Gasteiger partial charge on any atom is 0.343 e. The van der Waals surface area contributed by atoms with Crippen LogP contribution >= 0.6 is 0 Å². The summed E-state index contributed by atoms with van der Waals surface area (Å²) in [6.07, 6.45) is 20.3. The molecule has 0 saturated heterocycles. The van der Waals surface area contributed by atoms with Gasteiger partial charge in [-0.2, -0.15) is 0 Å². The van der Waals surface area contributed by atoms with Crippen molar-refractivity contribution in [3.05, 3.63) is 36.3 Å². The third-order valence-corrected chi connectivity index (χ3v) is 5.08. The van der Waals surface area contributed by atoms with Crippen LogP contribution in [0.2, 0.25) is 0 Å². The van der Waals surface area contributed by atoms with Crippen LogP contribution in [-0.4, -0.2) is 11.1 Å². The van der Waals surface area contributed by atoms with Crippen LogP contribution in [-0.2, 0) is 9.53 Å². The fourth-order valence-electron chi connectivity index (χ4n) is 3.32. The highest BCUT2D eigenvalue weighted by Gasteiger charge is 2.27. The van der Waals surface area contributed by atoms with Crippen molar-refractivity contribution in [3.63, 3.8) is 0 Å². The first kappa shape index (κ1) is 24.1. The molecule has 0 aliphatic carbocycles. The number of aliphatic hydroxyl groups excluding tert-OH is 1. The second kappa shape index (κ2) is 16.0. The van der Waals surface area contributed by atoms with Crippen molar-refractivity contribution in [1.82, 2.24) is 0 Å². The molecule has 1 aliphatic heterocycles. The first-order valence-electron chi connectivity index (χ1n) is 11.1. The van der Waals surface area contributed by atoms with Gasteiger partial charge in [-0.3, -0.25) is 0 Å². The molecule has 0 bridgehead atoms. The average Bonchev–Trinajstić information content (AvgIpc) is 2.92. The molecule has 0 aromatic heterocycles. The molecule has 0 atom stereocenters. The predicted molar refractivity (Wildman–Crippen MR) is 117 cm³/mol. The Kier molecular flexibility index (Phi) is 13.8. The van der Waals surface area contributed by atoms with Crippen LogP contribution in [0.4, 0.5) is 0 Å². The summed E-state index contributed by atoms with van der Waals surface area (Å²) in [4.78, 5) is 11.5. The van der Waals surface area contributed by atoms with Crippen molar-refractivity contribution in [2.45, 2.75) is 103 Å². The molecule has 3 nitrogen and oxygen atoms in total. The van der Waals surface area contributed by atoms with E-state index in [9.17, 15) is 9.90 Å². The van der Waals surface area contributed by atoms with E-state index in [0.29, 0.717) is 12.0 Å². The molecule has 0 amide bonds. The number of rotatable bonds is 16. The van der Waals surface area contributed by atoms with Crippen molar-refractivity contribution < 1.29 is 14.6 Å². The molecule has 0 saturated carbocycles.